The van der Waals surface area contributed by atoms with Crippen molar-refractivity contribution in [1.82, 2.24) is 9.78 Å². The lowest BCUT2D eigenvalue weighted by Crippen LogP contribution is -2.19. The fourth-order valence-electron chi connectivity index (χ4n) is 1.88. The zero-order chi connectivity index (χ0) is 16.0. The van der Waals surface area contributed by atoms with Crippen LogP contribution in [0.2, 0.25) is 0 Å². The quantitative estimate of drug-likeness (QED) is 0.599. The first-order valence-corrected chi connectivity index (χ1v) is 6.64. The summed E-state index contributed by atoms with van der Waals surface area (Å²) < 4.78 is 43.1. The second kappa shape index (κ2) is 7.28. The number of allylic oxidation sites excluding steroid dienone is 1. The van der Waals surface area contributed by atoms with Gasteiger partial charge >= 0.3 is 12.1 Å². The number of hydrogen-bond acceptors (Lipinski definition) is 3. The van der Waals surface area contributed by atoms with E-state index in [2.05, 4.69) is 5.10 Å². The Balaban J connectivity index is 2.71. The van der Waals surface area contributed by atoms with Gasteiger partial charge in [-0.1, -0.05) is 19.1 Å². The molecule has 0 bridgehead atoms. The van der Waals surface area contributed by atoms with Crippen LogP contribution in [-0.2, 0) is 22.5 Å². The molecule has 1 rings (SSSR count). The standard InChI is InChI=1S/C14H19F3N2O2/c1-4-5-6-7-21-13(20)8-12-10(2)18-19(11(12)3)9-14(15,16)17/h5-6H,4,7-9H2,1-3H3/b6-5+. The van der Waals surface area contributed by atoms with Crippen molar-refractivity contribution in [2.24, 2.45) is 0 Å². The maximum Gasteiger partial charge on any atom is 0.408 e. The number of halogens is 3. The molecule has 0 amide bonds. The van der Waals surface area contributed by atoms with Gasteiger partial charge in [0.25, 0.3) is 0 Å². The van der Waals surface area contributed by atoms with Gasteiger partial charge in [-0.05, 0) is 20.3 Å². The zero-order valence-corrected chi connectivity index (χ0v) is 12.3. The van der Waals surface area contributed by atoms with E-state index in [1.165, 1.54) is 6.92 Å². The highest BCUT2D eigenvalue weighted by atomic mass is 19.4. The highest BCUT2D eigenvalue weighted by Gasteiger charge is 2.30. The number of esters is 1. The van der Waals surface area contributed by atoms with Crippen LogP contribution < -0.4 is 0 Å². The summed E-state index contributed by atoms with van der Waals surface area (Å²) >= 11 is 0. The van der Waals surface area contributed by atoms with Crippen LogP contribution in [0.4, 0.5) is 13.2 Å². The van der Waals surface area contributed by atoms with Gasteiger partial charge in [-0.15, -0.1) is 0 Å². The van der Waals surface area contributed by atoms with E-state index in [0.717, 1.165) is 11.1 Å². The lowest BCUT2D eigenvalue weighted by atomic mass is 10.1. The van der Waals surface area contributed by atoms with Crippen LogP contribution in [0, 0.1) is 13.8 Å². The van der Waals surface area contributed by atoms with Gasteiger partial charge in [-0.25, -0.2) is 0 Å². The second-order valence-corrected chi connectivity index (χ2v) is 4.66. The molecule has 1 aromatic heterocycles. The summed E-state index contributed by atoms with van der Waals surface area (Å²) in [7, 11) is 0. The monoisotopic (exact) mass is 304 g/mol. The predicted molar refractivity (Wildman–Crippen MR) is 71.9 cm³/mol. The van der Waals surface area contributed by atoms with E-state index < -0.39 is 18.7 Å². The van der Waals surface area contributed by atoms with E-state index in [-0.39, 0.29) is 13.0 Å². The molecule has 0 saturated heterocycles. The van der Waals surface area contributed by atoms with Crippen molar-refractivity contribution in [2.75, 3.05) is 6.61 Å². The molecule has 21 heavy (non-hydrogen) atoms. The Hall–Kier alpha value is -1.79. The Morgan fingerprint density at radius 2 is 2.00 bits per heavy atom. The van der Waals surface area contributed by atoms with Crippen molar-refractivity contribution >= 4 is 5.97 Å². The van der Waals surface area contributed by atoms with Gasteiger partial charge in [-0.2, -0.15) is 18.3 Å². The number of aryl methyl sites for hydroxylation is 1. The fraction of sp³-hybridized carbons (Fsp3) is 0.571. The van der Waals surface area contributed by atoms with E-state index >= 15 is 0 Å². The zero-order valence-electron chi connectivity index (χ0n) is 12.3. The molecular formula is C14H19F3N2O2. The fourth-order valence-corrected chi connectivity index (χ4v) is 1.88. The Bertz CT molecular complexity index is 519. The predicted octanol–water partition coefficient (Wildman–Crippen LogP) is 3.11. The topological polar surface area (TPSA) is 44.1 Å². The first-order valence-electron chi connectivity index (χ1n) is 6.64. The van der Waals surface area contributed by atoms with Crippen molar-refractivity contribution in [3.8, 4) is 0 Å². The van der Waals surface area contributed by atoms with E-state index in [1.54, 1.807) is 13.0 Å². The minimum absolute atomic E-state index is 0.0739. The Morgan fingerprint density at radius 1 is 1.33 bits per heavy atom. The summed E-state index contributed by atoms with van der Waals surface area (Å²) in [5.74, 6) is -0.478. The Kier molecular flexibility index (Phi) is 5.99. The number of hydrogen-bond donors (Lipinski definition) is 0. The van der Waals surface area contributed by atoms with Crippen LogP contribution >= 0.6 is 0 Å². The number of nitrogens with zero attached hydrogens (tertiary/aromatic N) is 2. The van der Waals surface area contributed by atoms with Gasteiger partial charge in [0, 0.05) is 11.3 Å². The minimum Gasteiger partial charge on any atom is -0.461 e. The van der Waals surface area contributed by atoms with E-state index in [9.17, 15) is 18.0 Å². The molecule has 0 aliphatic heterocycles. The molecule has 0 radical (unpaired) electrons. The van der Waals surface area contributed by atoms with E-state index in [4.69, 9.17) is 4.74 Å². The molecule has 7 heteroatoms. The Labute approximate surface area is 121 Å². The van der Waals surface area contributed by atoms with Crippen LogP contribution in [0.25, 0.3) is 0 Å². The van der Waals surface area contributed by atoms with Crippen molar-refractivity contribution in [3.05, 3.63) is 29.1 Å². The van der Waals surface area contributed by atoms with E-state index in [0.29, 0.717) is 17.0 Å². The molecule has 0 unspecified atom stereocenters. The van der Waals surface area contributed by atoms with Crippen LogP contribution in [0.1, 0.15) is 30.3 Å². The summed E-state index contributed by atoms with van der Waals surface area (Å²) in [6.45, 7) is 4.07. The number of carbonyl (C=O) groups is 1. The van der Waals surface area contributed by atoms with Crippen LogP contribution in [0.5, 0.6) is 0 Å². The van der Waals surface area contributed by atoms with Gasteiger partial charge in [-0.3, -0.25) is 9.48 Å². The highest BCUT2D eigenvalue weighted by Crippen LogP contribution is 2.21. The van der Waals surface area contributed by atoms with Gasteiger partial charge < -0.3 is 4.74 Å². The maximum absolute atomic E-state index is 12.4. The lowest BCUT2D eigenvalue weighted by molar-refractivity contribution is -0.143. The summed E-state index contributed by atoms with van der Waals surface area (Å²) in [5.41, 5.74) is 1.24. The molecule has 0 aliphatic rings. The molecule has 0 saturated carbocycles. The molecule has 1 heterocycles. The molecule has 0 N–H and O–H groups in total. The summed E-state index contributed by atoms with van der Waals surface area (Å²) in [6.07, 6.45) is 0.0250. The average molecular weight is 304 g/mol. The van der Waals surface area contributed by atoms with Crippen LogP contribution in [0.15, 0.2) is 12.2 Å². The van der Waals surface area contributed by atoms with Gasteiger partial charge in [0.05, 0.1) is 12.1 Å². The van der Waals surface area contributed by atoms with Gasteiger partial charge in [0.15, 0.2) is 0 Å². The normalized spacial score (nSPS) is 12.1. The van der Waals surface area contributed by atoms with Crippen molar-refractivity contribution < 1.29 is 22.7 Å². The average Bonchev–Trinajstić information content (AvgIpc) is 2.60. The Morgan fingerprint density at radius 3 is 2.57 bits per heavy atom. The smallest absolute Gasteiger partial charge is 0.408 e. The molecule has 0 aliphatic carbocycles. The third-order valence-corrected chi connectivity index (χ3v) is 2.92. The first-order chi connectivity index (χ1) is 9.74. The largest absolute Gasteiger partial charge is 0.461 e. The SMILES string of the molecule is CC/C=C/COC(=O)Cc1c(C)nn(CC(F)(F)F)c1C. The minimum atomic E-state index is -4.34. The molecule has 0 aromatic carbocycles. The summed E-state index contributed by atoms with van der Waals surface area (Å²) in [4.78, 5) is 11.7. The third kappa shape index (κ3) is 5.61. The molecular weight excluding hydrogens is 285 g/mol. The lowest BCUT2D eigenvalue weighted by Gasteiger charge is -2.08. The van der Waals surface area contributed by atoms with Gasteiger partial charge in [0.2, 0.25) is 0 Å². The summed E-state index contributed by atoms with van der Waals surface area (Å²) in [6, 6.07) is 0. The molecule has 1 aromatic rings. The van der Waals surface area contributed by atoms with Gasteiger partial charge in [0.1, 0.15) is 13.2 Å². The highest BCUT2D eigenvalue weighted by molar-refractivity contribution is 5.73. The van der Waals surface area contributed by atoms with Crippen molar-refractivity contribution in [2.45, 2.75) is 46.3 Å². The molecule has 118 valence electrons. The number of carbonyl (C=O) groups excluding carboxylic acids is 1. The third-order valence-electron chi connectivity index (χ3n) is 2.92. The van der Waals surface area contributed by atoms with Crippen LogP contribution in [-0.4, -0.2) is 28.5 Å². The van der Waals surface area contributed by atoms with E-state index in [1.807, 2.05) is 13.0 Å². The second-order valence-electron chi connectivity index (χ2n) is 4.66. The maximum atomic E-state index is 12.4. The molecule has 0 spiro atoms. The van der Waals surface area contributed by atoms with Crippen molar-refractivity contribution in [3.63, 3.8) is 0 Å². The first kappa shape index (κ1) is 17.3. The van der Waals surface area contributed by atoms with Crippen molar-refractivity contribution in [1.29, 1.82) is 0 Å². The number of ether oxygens (including phenoxy) is 1. The summed E-state index contributed by atoms with van der Waals surface area (Å²) in [5, 5.41) is 3.83. The number of aromatic nitrogens is 2. The molecule has 4 nitrogen and oxygen atoms in total. The number of rotatable bonds is 6. The molecule has 0 atom stereocenters. The van der Waals surface area contributed by atoms with Crippen LogP contribution in [0.3, 0.4) is 0 Å². The molecule has 0 fully saturated rings. The number of alkyl halides is 3.